The quantitative estimate of drug-likeness (QED) is 0.357. The third-order valence-electron chi connectivity index (χ3n) is 18.4. The largest absolute Gasteiger partial charge is 0.390 e. The van der Waals surface area contributed by atoms with Crippen LogP contribution in [0.3, 0.4) is 0 Å². The summed E-state index contributed by atoms with van der Waals surface area (Å²) in [6.45, 7) is 22.4. The highest BCUT2D eigenvalue weighted by atomic mass is 16.7. The van der Waals surface area contributed by atoms with E-state index in [9.17, 15) is 15.3 Å². The van der Waals surface area contributed by atoms with Crippen LogP contribution in [0.4, 0.5) is 0 Å². The molecule has 9 fully saturated rings. The summed E-state index contributed by atoms with van der Waals surface area (Å²) >= 11 is 0. The summed E-state index contributed by atoms with van der Waals surface area (Å²) in [6, 6.07) is 1.27. The Morgan fingerprint density at radius 1 is 0.863 bits per heavy atom. The van der Waals surface area contributed by atoms with Crippen molar-refractivity contribution in [2.45, 2.75) is 167 Å². The van der Waals surface area contributed by atoms with Gasteiger partial charge in [0.2, 0.25) is 0 Å². The molecule has 9 rings (SSSR count). The lowest BCUT2D eigenvalue weighted by atomic mass is 9.41. The van der Waals surface area contributed by atoms with Crippen LogP contribution in [0.25, 0.3) is 0 Å². The lowest BCUT2D eigenvalue weighted by molar-refractivity contribution is -0.252. The zero-order chi connectivity index (χ0) is 35.9. The number of rotatable bonds is 6. The number of piperidine rings is 1. The van der Waals surface area contributed by atoms with Crippen LogP contribution in [0, 0.1) is 50.7 Å². The van der Waals surface area contributed by atoms with Crippen LogP contribution in [0.1, 0.15) is 113 Å². The number of aliphatic hydroxyl groups is 3. The minimum atomic E-state index is -1.24. The van der Waals surface area contributed by atoms with Gasteiger partial charge < -0.3 is 34.3 Å². The van der Waals surface area contributed by atoms with E-state index in [4.69, 9.17) is 18.9 Å². The highest BCUT2D eigenvalue weighted by Gasteiger charge is 2.84. The molecule has 5 saturated carbocycles. The lowest BCUT2D eigenvalue weighted by Crippen LogP contribution is -2.60. The molecule has 0 aromatic carbocycles. The minimum absolute atomic E-state index is 0.0179. The van der Waals surface area contributed by atoms with E-state index in [-0.39, 0.29) is 46.1 Å². The molecule has 0 aromatic rings. The normalized spacial score (nSPS) is 52.5. The Hall–Kier alpha value is -0.360. The molecule has 2 spiro atoms. The number of morpholine rings is 1. The third-order valence-corrected chi connectivity index (χ3v) is 18.4. The highest BCUT2D eigenvalue weighted by Crippen LogP contribution is 2.89. The van der Waals surface area contributed by atoms with Gasteiger partial charge in [0.05, 0.1) is 55.9 Å². The zero-order valence-electron chi connectivity index (χ0n) is 32.8. The van der Waals surface area contributed by atoms with Crippen molar-refractivity contribution in [2.24, 2.45) is 50.7 Å². The fourth-order valence-electron chi connectivity index (χ4n) is 15.5. The molecule has 9 nitrogen and oxygen atoms in total. The number of nitrogens with zero attached hydrogens (tertiary/aromatic N) is 2. The molecule has 4 saturated heterocycles. The van der Waals surface area contributed by atoms with Crippen LogP contribution in [0.2, 0.25) is 0 Å². The Morgan fingerprint density at radius 3 is 2.25 bits per heavy atom. The lowest BCUT2D eigenvalue weighted by Gasteiger charge is -2.64. The average Bonchev–Trinajstić information content (AvgIpc) is 3.69. The summed E-state index contributed by atoms with van der Waals surface area (Å²) in [6.07, 6.45) is 9.31. The first kappa shape index (κ1) is 36.3. The van der Waals surface area contributed by atoms with E-state index in [1.807, 2.05) is 0 Å². The van der Waals surface area contributed by atoms with Crippen molar-refractivity contribution in [3.63, 3.8) is 0 Å². The Bertz CT molecular complexity index is 1330. The second-order valence-electron chi connectivity index (χ2n) is 21.0. The van der Waals surface area contributed by atoms with Gasteiger partial charge in [0.15, 0.2) is 6.29 Å². The molecule has 4 aliphatic heterocycles. The first-order chi connectivity index (χ1) is 24.1. The number of hydrogen-bond acceptors (Lipinski definition) is 9. The Balaban J connectivity index is 0.891. The van der Waals surface area contributed by atoms with Crippen LogP contribution >= 0.6 is 0 Å². The summed E-state index contributed by atoms with van der Waals surface area (Å²) in [7, 11) is 0. The summed E-state index contributed by atoms with van der Waals surface area (Å²) in [5.41, 5.74) is -0.814. The molecule has 5 aliphatic carbocycles. The van der Waals surface area contributed by atoms with Gasteiger partial charge in [-0.2, -0.15) is 0 Å². The van der Waals surface area contributed by atoms with Gasteiger partial charge in [0.1, 0.15) is 6.10 Å². The van der Waals surface area contributed by atoms with Gasteiger partial charge in [-0.05, 0) is 123 Å². The molecular formula is C42H70N2O7. The van der Waals surface area contributed by atoms with Gasteiger partial charge in [-0.3, -0.25) is 9.80 Å². The number of ether oxygens (including phenoxy) is 4. The molecule has 4 heterocycles. The fraction of sp³-hybridized carbons (Fsp3) is 1.00. The van der Waals surface area contributed by atoms with Crippen molar-refractivity contribution in [1.82, 2.24) is 9.80 Å². The first-order valence-corrected chi connectivity index (χ1v) is 21.1. The van der Waals surface area contributed by atoms with E-state index in [2.05, 4.69) is 44.4 Å². The monoisotopic (exact) mass is 715 g/mol. The van der Waals surface area contributed by atoms with Crippen LogP contribution in [-0.2, 0) is 18.9 Å². The predicted octanol–water partition coefficient (Wildman–Crippen LogP) is 4.84. The number of hydrogen-bond donors (Lipinski definition) is 3. The molecule has 6 unspecified atom stereocenters. The van der Waals surface area contributed by atoms with Crippen molar-refractivity contribution in [3.05, 3.63) is 0 Å². The van der Waals surface area contributed by atoms with Crippen molar-refractivity contribution in [3.8, 4) is 0 Å². The maximum absolute atomic E-state index is 12.5. The van der Waals surface area contributed by atoms with E-state index in [1.165, 1.54) is 51.6 Å². The maximum atomic E-state index is 12.5. The van der Waals surface area contributed by atoms with Gasteiger partial charge in [0, 0.05) is 37.6 Å². The molecule has 0 aromatic heterocycles. The van der Waals surface area contributed by atoms with E-state index in [0.29, 0.717) is 35.3 Å². The van der Waals surface area contributed by atoms with Gasteiger partial charge in [0.25, 0.3) is 0 Å². The van der Waals surface area contributed by atoms with E-state index < -0.39 is 23.9 Å². The number of fused-ring (bicyclic) bond motifs is 4. The predicted molar refractivity (Wildman–Crippen MR) is 194 cm³/mol. The number of likely N-dealkylation sites (tertiary alicyclic amines) is 1. The van der Waals surface area contributed by atoms with Crippen LogP contribution in [0.15, 0.2) is 0 Å². The van der Waals surface area contributed by atoms with Crippen molar-refractivity contribution in [1.29, 1.82) is 0 Å². The molecule has 290 valence electrons. The summed E-state index contributed by atoms with van der Waals surface area (Å²) in [4.78, 5) is 5.31. The minimum Gasteiger partial charge on any atom is -0.390 e. The van der Waals surface area contributed by atoms with Crippen molar-refractivity contribution < 1.29 is 34.3 Å². The average molecular weight is 715 g/mol. The van der Waals surface area contributed by atoms with Gasteiger partial charge in [-0.1, -0.05) is 34.6 Å². The summed E-state index contributed by atoms with van der Waals surface area (Å²) in [5, 5.41) is 34.3. The molecular weight excluding hydrogens is 644 g/mol. The molecule has 3 N–H and O–H groups in total. The van der Waals surface area contributed by atoms with Gasteiger partial charge in [-0.15, -0.1) is 0 Å². The highest BCUT2D eigenvalue weighted by molar-refractivity contribution is 5.33. The van der Waals surface area contributed by atoms with Crippen LogP contribution < -0.4 is 0 Å². The number of aliphatic hydroxyl groups excluding tert-OH is 2. The van der Waals surface area contributed by atoms with E-state index in [0.717, 1.165) is 58.6 Å². The molecule has 0 bridgehead atoms. The first-order valence-electron chi connectivity index (χ1n) is 21.1. The van der Waals surface area contributed by atoms with Crippen molar-refractivity contribution in [2.75, 3.05) is 46.0 Å². The van der Waals surface area contributed by atoms with Gasteiger partial charge in [-0.25, -0.2) is 0 Å². The van der Waals surface area contributed by atoms with Crippen LogP contribution in [0.5, 0.6) is 0 Å². The Kier molecular flexibility index (Phi) is 8.59. The Morgan fingerprint density at radius 2 is 1.57 bits per heavy atom. The Labute approximate surface area is 307 Å². The molecule has 9 heteroatoms. The fourth-order valence-corrected chi connectivity index (χ4v) is 15.5. The smallest absolute Gasteiger partial charge is 0.170 e. The van der Waals surface area contributed by atoms with E-state index >= 15 is 0 Å². The zero-order valence-corrected chi connectivity index (χ0v) is 32.8. The summed E-state index contributed by atoms with van der Waals surface area (Å²) < 4.78 is 25.6. The topological polar surface area (TPSA) is 104 Å². The second-order valence-corrected chi connectivity index (χ2v) is 21.0. The molecule has 9 aliphatic rings. The SMILES string of the molecule is C[C@@H]1CC([C@H](O)C(C)(C)O)OC2[C@H]1[C@@]1(C)CCC34C[C@@]35CC[C@H](OC3CN(C6CCN(C7COC7)CC6)CCO3)C(C)(C)[C@@H]5CCC4C1(C)[C@H]2O. The van der Waals surface area contributed by atoms with E-state index in [1.54, 1.807) is 13.8 Å². The third kappa shape index (κ3) is 5.03. The molecule has 0 radical (unpaired) electrons. The van der Waals surface area contributed by atoms with Gasteiger partial charge >= 0.3 is 0 Å². The van der Waals surface area contributed by atoms with Crippen molar-refractivity contribution >= 4 is 0 Å². The second kappa shape index (κ2) is 12.1. The molecule has 0 amide bonds. The maximum Gasteiger partial charge on any atom is 0.170 e. The molecule has 14 atom stereocenters. The summed E-state index contributed by atoms with van der Waals surface area (Å²) in [5.74, 6) is 1.66. The standard InChI is InChI=1S/C42H70N2O7/c1-25-20-28(35(45)38(4,5)47)50-34-33(25)39(6)14-15-42-24-41(42)13-10-31(37(2,3)29(41)8-9-30(42)40(39,7)36(34)46)51-32-21-44(18-19-49-32)26-11-16-43(17-12-26)27-22-48-23-27/h25-36,45-47H,8-24H2,1-7H3/t25-,28?,29+,30?,31+,32?,33+,34?,35+,36+,39-,40?,41-,42?/m1/s1. The van der Waals surface area contributed by atoms with Crippen LogP contribution in [-0.4, -0.2) is 126 Å². The molecule has 51 heavy (non-hydrogen) atoms.